The van der Waals surface area contributed by atoms with E-state index in [1.165, 1.54) is 19.3 Å². The van der Waals surface area contributed by atoms with E-state index in [4.69, 9.17) is 5.11 Å². The number of ketones is 1. The van der Waals surface area contributed by atoms with Crippen molar-refractivity contribution in [3.63, 3.8) is 0 Å². The standard InChI is InChI=1S/C10H16O3/c11-9(7-10(12)13)6-8-4-2-1-3-5-8/h8H,1-7H2,(H,12,13). The summed E-state index contributed by atoms with van der Waals surface area (Å²) in [4.78, 5) is 21.4. The quantitative estimate of drug-likeness (QED) is 0.680. The second-order valence-corrected chi connectivity index (χ2v) is 3.82. The van der Waals surface area contributed by atoms with Crippen LogP contribution in [0.5, 0.6) is 0 Å². The van der Waals surface area contributed by atoms with Crippen LogP contribution < -0.4 is 0 Å². The molecule has 0 radical (unpaired) electrons. The molecular weight excluding hydrogens is 168 g/mol. The van der Waals surface area contributed by atoms with E-state index >= 15 is 0 Å². The zero-order chi connectivity index (χ0) is 9.68. The highest BCUT2D eigenvalue weighted by Crippen LogP contribution is 2.26. The minimum absolute atomic E-state index is 0.112. The Bertz CT molecular complexity index is 192. The summed E-state index contributed by atoms with van der Waals surface area (Å²) in [7, 11) is 0. The molecule has 0 aromatic rings. The first-order chi connectivity index (χ1) is 6.18. The Morgan fingerprint density at radius 1 is 1.15 bits per heavy atom. The molecule has 0 amide bonds. The normalized spacial score (nSPS) is 18.5. The maximum atomic E-state index is 11.1. The molecule has 3 heteroatoms. The van der Waals surface area contributed by atoms with Crippen LogP contribution in [0.3, 0.4) is 0 Å². The number of hydrogen-bond donors (Lipinski definition) is 1. The number of hydrogen-bond acceptors (Lipinski definition) is 2. The van der Waals surface area contributed by atoms with E-state index in [0.29, 0.717) is 12.3 Å². The van der Waals surface area contributed by atoms with Gasteiger partial charge < -0.3 is 5.11 Å². The molecule has 0 saturated heterocycles. The monoisotopic (exact) mass is 184 g/mol. The molecule has 0 aromatic heterocycles. The Labute approximate surface area is 78.1 Å². The van der Waals surface area contributed by atoms with Crippen LogP contribution in [0.25, 0.3) is 0 Å². The lowest BCUT2D eigenvalue weighted by atomic mass is 9.85. The van der Waals surface area contributed by atoms with E-state index in [1.54, 1.807) is 0 Å². The number of carbonyl (C=O) groups excluding carboxylic acids is 1. The number of carboxylic acids is 1. The van der Waals surface area contributed by atoms with Crippen molar-refractivity contribution in [1.29, 1.82) is 0 Å². The van der Waals surface area contributed by atoms with Gasteiger partial charge in [0.2, 0.25) is 0 Å². The fraction of sp³-hybridized carbons (Fsp3) is 0.800. The van der Waals surface area contributed by atoms with Crippen LogP contribution in [0.4, 0.5) is 0 Å². The van der Waals surface area contributed by atoms with Crippen LogP contribution in [0, 0.1) is 5.92 Å². The molecule has 13 heavy (non-hydrogen) atoms. The summed E-state index contributed by atoms with van der Waals surface area (Å²) < 4.78 is 0. The summed E-state index contributed by atoms with van der Waals surface area (Å²) in [6.07, 6.45) is 6.05. The Morgan fingerprint density at radius 3 is 2.31 bits per heavy atom. The van der Waals surface area contributed by atoms with E-state index in [-0.39, 0.29) is 12.2 Å². The fourth-order valence-corrected chi connectivity index (χ4v) is 1.95. The zero-order valence-corrected chi connectivity index (χ0v) is 7.79. The number of aliphatic carboxylic acids is 1. The molecule has 0 heterocycles. The average Bonchev–Trinajstić information content (AvgIpc) is 2.04. The average molecular weight is 184 g/mol. The lowest BCUT2D eigenvalue weighted by Crippen LogP contribution is -2.14. The summed E-state index contributed by atoms with van der Waals surface area (Å²) in [5, 5.41) is 8.39. The molecule has 1 rings (SSSR count). The van der Waals surface area contributed by atoms with Gasteiger partial charge in [-0.2, -0.15) is 0 Å². The van der Waals surface area contributed by atoms with Crippen LogP contribution >= 0.6 is 0 Å². The lowest BCUT2D eigenvalue weighted by Gasteiger charge is -2.20. The maximum absolute atomic E-state index is 11.1. The topological polar surface area (TPSA) is 54.4 Å². The van der Waals surface area contributed by atoms with Crippen LogP contribution in [-0.2, 0) is 9.59 Å². The van der Waals surface area contributed by atoms with E-state index in [1.807, 2.05) is 0 Å². The summed E-state index contributed by atoms with van der Waals surface area (Å²) in [5.74, 6) is -0.652. The highest BCUT2D eigenvalue weighted by atomic mass is 16.4. The SMILES string of the molecule is O=C(O)CC(=O)CC1CCCCC1. The third-order valence-electron chi connectivity index (χ3n) is 2.59. The molecule has 74 valence electrons. The van der Waals surface area contributed by atoms with Crippen LogP contribution in [0.1, 0.15) is 44.9 Å². The second kappa shape index (κ2) is 5.00. The van der Waals surface area contributed by atoms with E-state index in [2.05, 4.69) is 0 Å². The molecule has 1 aliphatic rings. The van der Waals surface area contributed by atoms with Crippen LogP contribution in [0.2, 0.25) is 0 Å². The summed E-state index contributed by atoms with van der Waals surface area (Å²) >= 11 is 0. The number of carboxylic acid groups (broad SMARTS) is 1. The first-order valence-electron chi connectivity index (χ1n) is 4.92. The molecular formula is C10H16O3. The van der Waals surface area contributed by atoms with Gasteiger partial charge in [0.1, 0.15) is 12.2 Å². The van der Waals surface area contributed by atoms with Crippen molar-refractivity contribution in [2.75, 3.05) is 0 Å². The third-order valence-corrected chi connectivity index (χ3v) is 2.59. The third kappa shape index (κ3) is 4.06. The van der Waals surface area contributed by atoms with Gasteiger partial charge in [0.15, 0.2) is 0 Å². The largest absolute Gasteiger partial charge is 0.481 e. The maximum Gasteiger partial charge on any atom is 0.310 e. The van der Waals surface area contributed by atoms with Gasteiger partial charge in [-0.25, -0.2) is 0 Å². The molecule has 0 aliphatic heterocycles. The first kappa shape index (κ1) is 10.2. The minimum atomic E-state index is -0.999. The Morgan fingerprint density at radius 2 is 1.77 bits per heavy atom. The van der Waals surface area contributed by atoms with Crippen LogP contribution in [-0.4, -0.2) is 16.9 Å². The number of carbonyl (C=O) groups is 2. The highest BCUT2D eigenvalue weighted by Gasteiger charge is 2.18. The van der Waals surface area contributed by atoms with Crippen molar-refractivity contribution in [2.45, 2.75) is 44.9 Å². The van der Waals surface area contributed by atoms with Crippen molar-refractivity contribution >= 4 is 11.8 Å². The van der Waals surface area contributed by atoms with Gasteiger partial charge in [-0.3, -0.25) is 9.59 Å². The van der Waals surface area contributed by atoms with Gasteiger partial charge in [-0.05, 0) is 5.92 Å². The number of Topliss-reactive ketones (excluding diaryl/α,β-unsaturated/α-hetero) is 1. The lowest BCUT2D eigenvalue weighted by molar-refractivity contribution is -0.140. The Kier molecular flexibility index (Phi) is 3.93. The molecule has 0 aromatic carbocycles. The molecule has 0 bridgehead atoms. The molecule has 1 saturated carbocycles. The minimum Gasteiger partial charge on any atom is -0.481 e. The van der Waals surface area contributed by atoms with Gasteiger partial charge in [-0.1, -0.05) is 32.1 Å². The van der Waals surface area contributed by atoms with Gasteiger partial charge >= 0.3 is 5.97 Å². The molecule has 3 nitrogen and oxygen atoms in total. The fourth-order valence-electron chi connectivity index (χ4n) is 1.95. The summed E-state index contributed by atoms with van der Waals surface area (Å²) in [6.45, 7) is 0. The molecule has 0 atom stereocenters. The highest BCUT2D eigenvalue weighted by molar-refractivity contribution is 5.94. The van der Waals surface area contributed by atoms with Crippen molar-refractivity contribution in [1.82, 2.24) is 0 Å². The predicted octanol–water partition coefficient (Wildman–Crippen LogP) is 2.00. The summed E-state index contributed by atoms with van der Waals surface area (Å²) in [6, 6.07) is 0. The van der Waals surface area contributed by atoms with Crippen molar-refractivity contribution in [2.24, 2.45) is 5.92 Å². The zero-order valence-electron chi connectivity index (χ0n) is 7.79. The van der Waals surface area contributed by atoms with Gasteiger partial charge in [0.05, 0.1) is 0 Å². The molecule has 0 unspecified atom stereocenters. The van der Waals surface area contributed by atoms with Gasteiger partial charge in [0, 0.05) is 6.42 Å². The van der Waals surface area contributed by atoms with Crippen molar-refractivity contribution < 1.29 is 14.7 Å². The molecule has 0 spiro atoms. The van der Waals surface area contributed by atoms with E-state index in [0.717, 1.165) is 12.8 Å². The molecule has 1 aliphatic carbocycles. The Hall–Kier alpha value is -0.860. The van der Waals surface area contributed by atoms with E-state index < -0.39 is 5.97 Å². The smallest absolute Gasteiger partial charge is 0.310 e. The second-order valence-electron chi connectivity index (χ2n) is 3.82. The van der Waals surface area contributed by atoms with Gasteiger partial charge in [0.25, 0.3) is 0 Å². The molecule has 1 fully saturated rings. The molecule has 1 N–H and O–H groups in total. The van der Waals surface area contributed by atoms with Gasteiger partial charge in [-0.15, -0.1) is 0 Å². The van der Waals surface area contributed by atoms with E-state index in [9.17, 15) is 9.59 Å². The Balaban J connectivity index is 2.22. The number of rotatable bonds is 4. The summed E-state index contributed by atoms with van der Waals surface area (Å²) in [5.41, 5.74) is 0. The van der Waals surface area contributed by atoms with Crippen molar-refractivity contribution in [3.05, 3.63) is 0 Å². The van der Waals surface area contributed by atoms with Crippen LogP contribution in [0.15, 0.2) is 0 Å². The first-order valence-corrected chi connectivity index (χ1v) is 4.92. The predicted molar refractivity (Wildman–Crippen MR) is 48.5 cm³/mol. The van der Waals surface area contributed by atoms with Crippen molar-refractivity contribution in [3.8, 4) is 0 Å².